The maximum Gasteiger partial charge on any atom is 0.488 e. The Balaban J connectivity index is 2.52. The third kappa shape index (κ3) is 8.34. The minimum Gasteiger partial charge on any atom is -0.423 e. The van der Waals surface area contributed by atoms with Crippen molar-refractivity contribution in [2.75, 3.05) is 6.54 Å². The van der Waals surface area contributed by atoms with Crippen LogP contribution in [0.3, 0.4) is 0 Å². The zero-order chi connectivity index (χ0) is 27.7. The molecule has 0 heterocycles. The Hall–Kier alpha value is -3.88. The van der Waals surface area contributed by atoms with Crippen LogP contribution in [-0.2, 0) is 4.79 Å². The Labute approximate surface area is 210 Å². The monoisotopic (exact) mass is 517 g/mol. The number of allylic oxidation sites excluding steroid dienone is 2. The Bertz CT molecular complexity index is 1200. The van der Waals surface area contributed by atoms with Gasteiger partial charge in [-0.25, -0.2) is 14.3 Å². The van der Waals surface area contributed by atoms with Gasteiger partial charge >= 0.3 is 14.2 Å². The van der Waals surface area contributed by atoms with Crippen LogP contribution in [0.2, 0.25) is 0 Å². The van der Waals surface area contributed by atoms with Gasteiger partial charge < -0.3 is 30.3 Å². The van der Waals surface area contributed by atoms with Gasteiger partial charge in [-0.1, -0.05) is 24.8 Å². The van der Waals surface area contributed by atoms with Crippen LogP contribution >= 0.6 is 0 Å². The molecule has 0 bridgehead atoms. The van der Waals surface area contributed by atoms with E-state index in [-0.39, 0.29) is 22.9 Å². The molecule has 1 atom stereocenters. The summed E-state index contributed by atoms with van der Waals surface area (Å²) < 4.78 is 28.0. The van der Waals surface area contributed by atoms with Crippen LogP contribution in [0.5, 0.6) is 0 Å². The predicted molar refractivity (Wildman–Crippen MR) is 129 cm³/mol. The van der Waals surface area contributed by atoms with Crippen LogP contribution < -0.4 is 21.7 Å². The zero-order valence-electron chi connectivity index (χ0n) is 19.2. The summed E-state index contributed by atoms with van der Waals surface area (Å²) in [5.41, 5.74) is -0.119. The molecule has 2 rings (SSSR count). The highest BCUT2D eigenvalue weighted by atomic mass is 19.1. The number of halogens is 2. The van der Waals surface area contributed by atoms with Gasteiger partial charge in [0.15, 0.2) is 0 Å². The van der Waals surface area contributed by atoms with Gasteiger partial charge in [-0.15, -0.1) is 0 Å². The van der Waals surface area contributed by atoms with E-state index in [0.29, 0.717) is 0 Å². The lowest BCUT2D eigenvalue weighted by Gasteiger charge is -2.31. The van der Waals surface area contributed by atoms with Gasteiger partial charge in [0.2, 0.25) is 0 Å². The predicted octanol–water partition coefficient (Wildman–Crippen LogP) is -1.84. The Kier molecular flexibility index (Phi) is 10.7. The first-order valence-corrected chi connectivity index (χ1v) is 10.6. The summed E-state index contributed by atoms with van der Waals surface area (Å²) in [6.07, 6.45) is 2.79. The number of hydrogen-bond donors (Lipinski definition) is 7. The van der Waals surface area contributed by atoms with Crippen LogP contribution in [-0.4, -0.2) is 74.9 Å². The lowest BCUT2D eigenvalue weighted by atomic mass is 9.79. The molecule has 1 unspecified atom stereocenters. The van der Waals surface area contributed by atoms with Gasteiger partial charge in [-0.2, -0.15) is 0 Å². The SMILES string of the molecule is C=C/C=C\CC(NC(=O)c1cc(F)cc(B(O)O)c1)N(CC(=O)NO)C(=O)c1cc(F)cc(B(O)O)c1. The standard InChI is InChI=1S/C22H23B2F2N3O8/c1-2-3-4-5-19(27-21(31)13-6-15(23(33)34)10-17(25)8-13)29(12-20(30)28-37)22(32)14-7-16(24(35)36)11-18(26)9-14/h2-4,6-11,19,33-37H,1,5,12H2,(H,27,31)(H,28,30)/b4-3-. The number of benzene rings is 2. The van der Waals surface area contributed by atoms with E-state index in [9.17, 15) is 43.3 Å². The molecule has 0 aliphatic heterocycles. The van der Waals surface area contributed by atoms with Crippen LogP contribution in [0.1, 0.15) is 27.1 Å². The van der Waals surface area contributed by atoms with Gasteiger partial charge in [-0.3, -0.25) is 19.6 Å². The third-order valence-corrected chi connectivity index (χ3v) is 4.95. The molecule has 0 radical (unpaired) electrons. The molecule has 7 N–H and O–H groups in total. The molecule has 0 fully saturated rings. The number of rotatable bonds is 11. The smallest absolute Gasteiger partial charge is 0.423 e. The fraction of sp³-hybridized carbons (Fsp3) is 0.136. The van der Waals surface area contributed by atoms with E-state index in [0.717, 1.165) is 41.3 Å². The van der Waals surface area contributed by atoms with Crippen LogP contribution in [0.4, 0.5) is 8.78 Å². The maximum atomic E-state index is 14.1. The average molecular weight is 517 g/mol. The summed E-state index contributed by atoms with van der Waals surface area (Å²) in [6.45, 7) is 2.65. The largest absolute Gasteiger partial charge is 0.488 e. The number of nitrogens with zero attached hydrogens (tertiary/aromatic N) is 1. The minimum absolute atomic E-state index is 0.155. The number of hydroxylamine groups is 1. The van der Waals surface area contributed by atoms with Gasteiger partial charge in [-0.05, 0) is 47.3 Å². The van der Waals surface area contributed by atoms with Crippen molar-refractivity contribution >= 4 is 42.9 Å². The molecule has 37 heavy (non-hydrogen) atoms. The van der Waals surface area contributed by atoms with Crippen LogP contribution in [0.15, 0.2) is 61.2 Å². The molecule has 0 aliphatic carbocycles. The van der Waals surface area contributed by atoms with E-state index >= 15 is 0 Å². The van der Waals surface area contributed by atoms with Crippen molar-refractivity contribution in [1.82, 2.24) is 15.7 Å². The first-order chi connectivity index (χ1) is 17.5. The average Bonchev–Trinajstić information content (AvgIpc) is 2.85. The van der Waals surface area contributed by atoms with E-state index in [1.165, 1.54) is 23.7 Å². The first-order valence-electron chi connectivity index (χ1n) is 10.6. The molecule has 0 aliphatic rings. The third-order valence-electron chi connectivity index (χ3n) is 4.95. The highest BCUT2D eigenvalue weighted by Crippen LogP contribution is 2.13. The molecule has 0 saturated heterocycles. The highest BCUT2D eigenvalue weighted by molar-refractivity contribution is 6.59. The van der Waals surface area contributed by atoms with Crippen molar-refractivity contribution < 1.29 is 48.5 Å². The molecular weight excluding hydrogens is 494 g/mol. The number of nitrogens with one attached hydrogen (secondary N) is 2. The fourth-order valence-electron chi connectivity index (χ4n) is 3.26. The fourth-order valence-corrected chi connectivity index (χ4v) is 3.26. The van der Waals surface area contributed by atoms with Gasteiger partial charge in [0, 0.05) is 17.5 Å². The molecule has 0 saturated carbocycles. The highest BCUT2D eigenvalue weighted by Gasteiger charge is 2.29. The van der Waals surface area contributed by atoms with E-state index in [2.05, 4.69) is 11.9 Å². The van der Waals surface area contributed by atoms with Crippen molar-refractivity contribution in [3.63, 3.8) is 0 Å². The topological polar surface area (TPSA) is 180 Å². The summed E-state index contributed by atoms with van der Waals surface area (Å²) >= 11 is 0. The van der Waals surface area contributed by atoms with Crippen LogP contribution in [0, 0.1) is 11.6 Å². The van der Waals surface area contributed by atoms with Gasteiger partial charge in [0.1, 0.15) is 24.3 Å². The second kappa shape index (κ2) is 13.4. The Morgan fingerprint density at radius 2 is 1.49 bits per heavy atom. The number of hydrogen-bond acceptors (Lipinski definition) is 8. The molecule has 0 aromatic heterocycles. The van der Waals surface area contributed by atoms with Crippen molar-refractivity contribution in [3.8, 4) is 0 Å². The summed E-state index contributed by atoms with van der Waals surface area (Å²) in [4.78, 5) is 39.0. The Morgan fingerprint density at radius 3 is 2.00 bits per heavy atom. The van der Waals surface area contributed by atoms with E-state index in [1.54, 1.807) is 0 Å². The minimum atomic E-state index is -2.12. The Morgan fingerprint density at radius 1 is 0.946 bits per heavy atom. The molecule has 15 heteroatoms. The molecule has 3 amide bonds. The van der Waals surface area contributed by atoms with Crippen molar-refractivity contribution in [1.29, 1.82) is 0 Å². The lowest BCUT2D eigenvalue weighted by Crippen LogP contribution is -2.54. The summed E-state index contributed by atoms with van der Waals surface area (Å²) in [5, 5.41) is 48.8. The molecule has 2 aromatic rings. The number of carbonyl (C=O) groups is 3. The summed E-state index contributed by atoms with van der Waals surface area (Å²) in [6, 6.07) is 5.08. The lowest BCUT2D eigenvalue weighted by molar-refractivity contribution is -0.130. The molecular formula is C22H23B2F2N3O8. The van der Waals surface area contributed by atoms with Gasteiger partial charge in [0.05, 0.1) is 0 Å². The van der Waals surface area contributed by atoms with Crippen molar-refractivity contribution in [3.05, 3.63) is 84.0 Å². The molecule has 0 spiro atoms. The van der Waals surface area contributed by atoms with Crippen LogP contribution in [0.25, 0.3) is 0 Å². The second-order valence-corrected chi connectivity index (χ2v) is 7.65. The second-order valence-electron chi connectivity index (χ2n) is 7.65. The zero-order valence-corrected chi connectivity index (χ0v) is 19.2. The summed E-state index contributed by atoms with van der Waals surface area (Å²) in [5.74, 6) is -5.07. The number of amides is 3. The summed E-state index contributed by atoms with van der Waals surface area (Å²) in [7, 11) is -4.20. The maximum absolute atomic E-state index is 14.1. The van der Waals surface area contributed by atoms with Crippen molar-refractivity contribution in [2.24, 2.45) is 0 Å². The van der Waals surface area contributed by atoms with E-state index < -0.39 is 61.9 Å². The number of carbonyl (C=O) groups excluding carboxylic acids is 3. The van der Waals surface area contributed by atoms with Gasteiger partial charge in [0.25, 0.3) is 17.7 Å². The normalized spacial score (nSPS) is 11.5. The molecule has 194 valence electrons. The molecule has 2 aromatic carbocycles. The van der Waals surface area contributed by atoms with Crippen molar-refractivity contribution in [2.45, 2.75) is 12.6 Å². The van der Waals surface area contributed by atoms with E-state index in [4.69, 9.17) is 5.21 Å². The quantitative estimate of drug-likeness (QED) is 0.0598. The van der Waals surface area contributed by atoms with E-state index in [1.807, 2.05) is 0 Å². The molecule has 11 nitrogen and oxygen atoms in total. The first kappa shape index (κ1) is 29.4.